The summed E-state index contributed by atoms with van der Waals surface area (Å²) in [6.45, 7) is 0.452. The summed E-state index contributed by atoms with van der Waals surface area (Å²) in [7, 11) is 1.39. The zero-order chi connectivity index (χ0) is 20.2. The van der Waals surface area contributed by atoms with Crippen LogP contribution in [0.15, 0.2) is 67.3 Å². The van der Waals surface area contributed by atoms with E-state index in [-0.39, 0.29) is 24.5 Å². The zero-order valence-electron chi connectivity index (χ0n) is 15.9. The zero-order valence-corrected chi connectivity index (χ0v) is 16.7. The summed E-state index contributed by atoms with van der Waals surface area (Å²) in [6, 6.07) is 13.5. The highest BCUT2D eigenvalue weighted by molar-refractivity contribution is 7.80. The number of esters is 1. The van der Waals surface area contributed by atoms with Gasteiger partial charge in [-0.25, -0.2) is 0 Å². The van der Waals surface area contributed by atoms with E-state index >= 15 is 0 Å². The van der Waals surface area contributed by atoms with Gasteiger partial charge in [0.25, 0.3) is 0 Å². The van der Waals surface area contributed by atoms with Gasteiger partial charge in [0.2, 0.25) is 0 Å². The molecule has 1 fully saturated rings. The second-order valence-corrected chi connectivity index (χ2v) is 7.04. The molecular formula is C21H21N5O2S. The lowest BCUT2D eigenvalue weighted by molar-refractivity contribution is -0.140. The molecule has 148 valence electrons. The minimum absolute atomic E-state index is 0.134. The Balaban J connectivity index is 1.75. The molecular weight excluding hydrogens is 386 g/mol. The molecule has 0 aliphatic carbocycles. The van der Waals surface area contributed by atoms with Crippen molar-refractivity contribution in [3.8, 4) is 5.69 Å². The number of rotatable bonds is 6. The highest BCUT2D eigenvalue weighted by atomic mass is 32.1. The van der Waals surface area contributed by atoms with E-state index < -0.39 is 0 Å². The van der Waals surface area contributed by atoms with Crippen LogP contribution in [0.3, 0.4) is 0 Å². The maximum atomic E-state index is 11.8. The van der Waals surface area contributed by atoms with Gasteiger partial charge in [0, 0.05) is 42.7 Å². The van der Waals surface area contributed by atoms with Crippen LogP contribution in [0.1, 0.15) is 29.9 Å². The average Bonchev–Trinajstić information content (AvgIpc) is 3.37. The maximum Gasteiger partial charge on any atom is 0.307 e. The van der Waals surface area contributed by atoms with Crippen LogP contribution in [0.2, 0.25) is 0 Å². The van der Waals surface area contributed by atoms with E-state index in [1.807, 2.05) is 47.5 Å². The number of carbonyl (C=O) groups is 1. The van der Waals surface area contributed by atoms with E-state index in [0.717, 1.165) is 17.1 Å². The third-order valence-corrected chi connectivity index (χ3v) is 5.36. The van der Waals surface area contributed by atoms with Crippen molar-refractivity contribution in [2.45, 2.75) is 18.5 Å². The van der Waals surface area contributed by atoms with Crippen LogP contribution in [0.4, 0.5) is 0 Å². The largest absolute Gasteiger partial charge is 0.469 e. The molecule has 0 saturated carbocycles. The third-order valence-electron chi connectivity index (χ3n) is 5.01. The number of aromatic nitrogens is 3. The van der Waals surface area contributed by atoms with Crippen LogP contribution >= 0.6 is 12.2 Å². The molecule has 0 spiro atoms. The molecule has 1 aliphatic rings. The van der Waals surface area contributed by atoms with Crippen molar-refractivity contribution in [3.63, 3.8) is 0 Å². The van der Waals surface area contributed by atoms with E-state index in [9.17, 15) is 4.79 Å². The second-order valence-electron chi connectivity index (χ2n) is 6.65. The molecule has 4 heterocycles. The smallest absolute Gasteiger partial charge is 0.307 e. The Morgan fingerprint density at radius 2 is 2.00 bits per heavy atom. The average molecular weight is 407 g/mol. The minimum Gasteiger partial charge on any atom is -0.469 e. The molecule has 29 heavy (non-hydrogen) atoms. The number of nitrogens with one attached hydrogen (secondary N) is 1. The van der Waals surface area contributed by atoms with Crippen molar-refractivity contribution >= 4 is 23.3 Å². The Bertz CT molecular complexity index is 993. The van der Waals surface area contributed by atoms with Gasteiger partial charge in [0.15, 0.2) is 5.11 Å². The monoisotopic (exact) mass is 407 g/mol. The number of hydrogen-bond donors (Lipinski definition) is 1. The molecule has 3 aromatic rings. The van der Waals surface area contributed by atoms with Crippen LogP contribution in [-0.4, -0.2) is 44.2 Å². The number of nitrogens with zero attached hydrogens (tertiary/aromatic N) is 4. The van der Waals surface area contributed by atoms with E-state index in [0.29, 0.717) is 11.7 Å². The van der Waals surface area contributed by atoms with Gasteiger partial charge in [-0.2, -0.15) is 0 Å². The SMILES string of the molecule is COC(=O)CCN1C(=S)N[C@H](c2ccccn2)[C@@H]1c1cccn1-c1ccncc1. The van der Waals surface area contributed by atoms with E-state index in [4.69, 9.17) is 17.0 Å². The lowest BCUT2D eigenvalue weighted by Gasteiger charge is -2.28. The van der Waals surface area contributed by atoms with Crippen molar-refractivity contribution in [1.29, 1.82) is 0 Å². The summed E-state index contributed by atoms with van der Waals surface area (Å²) < 4.78 is 6.94. The molecule has 7 nitrogen and oxygen atoms in total. The van der Waals surface area contributed by atoms with Crippen molar-refractivity contribution in [3.05, 3.63) is 78.6 Å². The van der Waals surface area contributed by atoms with Crippen LogP contribution < -0.4 is 5.32 Å². The Kier molecular flexibility index (Phi) is 5.53. The Labute approximate surface area is 174 Å². The summed E-state index contributed by atoms with van der Waals surface area (Å²) in [6.07, 6.45) is 7.57. The number of thiocarbonyl (C=S) groups is 1. The molecule has 1 aliphatic heterocycles. The molecule has 0 unspecified atom stereocenters. The molecule has 0 amide bonds. The fourth-order valence-corrected chi connectivity index (χ4v) is 3.99. The van der Waals surface area contributed by atoms with Crippen molar-refractivity contribution in [1.82, 2.24) is 24.8 Å². The van der Waals surface area contributed by atoms with Crippen molar-refractivity contribution < 1.29 is 9.53 Å². The van der Waals surface area contributed by atoms with Crippen LogP contribution in [0.25, 0.3) is 5.69 Å². The predicted octanol–water partition coefficient (Wildman–Crippen LogP) is 2.80. The summed E-state index contributed by atoms with van der Waals surface area (Å²) in [5.41, 5.74) is 2.94. The summed E-state index contributed by atoms with van der Waals surface area (Å²) >= 11 is 5.63. The van der Waals surface area contributed by atoms with Crippen molar-refractivity contribution in [2.75, 3.05) is 13.7 Å². The normalized spacial score (nSPS) is 18.5. The first-order chi connectivity index (χ1) is 14.2. The van der Waals surface area contributed by atoms with Gasteiger partial charge in [-0.15, -0.1) is 0 Å². The first kappa shape index (κ1) is 19.1. The molecule has 0 aromatic carbocycles. The first-order valence-corrected chi connectivity index (χ1v) is 9.72. The van der Waals surface area contributed by atoms with Gasteiger partial charge in [-0.05, 0) is 48.6 Å². The molecule has 0 bridgehead atoms. The van der Waals surface area contributed by atoms with Crippen LogP contribution in [0, 0.1) is 0 Å². The Morgan fingerprint density at radius 1 is 1.17 bits per heavy atom. The first-order valence-electron chi connectivity index (χ1n) is 9.31. The topological polar surface area (TPSA) is 72.3 Å². The van der Waals surface area contributed by atoms with E-state index in [1.54, 1.807) is 18.6 Å². The number of ether oxygens (including phenoxy) is 1. The summed E-state index contributed by atoms with van der Waals surface area (Å²) in [5, 5.41) is 3.99. The number of pyridine rings is 2. The van der Waals surface area contributed by atoms with Gasteiger partial charge < -0.3 is 19.5 Å². The molecule has 4 rings (SSSR count). The van der Waals surface area contributed by atoms with Gasteiger partial charge >= 0.3 is 5.97 Å². The number of hydrogen-bond acceptors (Lipinski definition) is 5. The Morgan fingerprint density at radius 3 is 2.72 bits per heavy atom. The van der Waals surface area contributed by atoms with E-state index in [1.165, 1.54) is 7.11 Å². The minimum atomic E-state index is -0.266. The summed E-state index contributed by atoms with van der Waals surface area (Å²) in [5.74, 6) is -0.266. The highest BCUT2D eigenvalue weighted by Gasteiger charge is 2.41. The summed E-state index contributed by atoms with van der Waals surface area (Å²) in [4.78, 5) is 22.5. The fraction of sp³-hybridized carbons (Fsp3) is 0.238. The van der Waals surface area contributed by atoms with Gasteiger partial charge in [0.1, 0.15) is 0 Å². The maximum absolute atomic E-state index is 11.8. The van der Waals surface area contributed by atoms with Crippen LogP contribution in [0.5, 0.6) is 0 Å². The standard InChI is InChI=1S/C21H21N5O2S/c1-28-18(27)9-14-26-20(19(24-21(26)29)16-5-2-3-10-23-16)17-6-4-13-25(17)15-7-11-22-12-8-15/h2-8,10-13,19-20H,9,14H2,1H3,(H,24,29)/t19-,20+/m1/s1. The molecule has 3 aromatic heterocycles. The molecule has 1 N–H and O–H groups in total. The predicted molar refractivity (Wildman–Crippen MR) is 112 cm³/mol. The molecule has 8 heteroatoms. The third kappa shape index (κ3) is 3.84. The van der Waals surface area contributed by atoms with Crippen molar-refractivity contribution in [2.24, 2.45) is 0 Å². The lowest BCUT2D eigenvalue weighted by Crippen LogP contribution is -2.32. The molecule has 1 saturated heterocycles. The van der Waals surface area contributed by atoms with Gasteiger partial charge in [-0.1, -0.05) is 6.07 Å². The van der Waals surface area contributed by atoms with Gasteiger partial charge in [-0.3, -0.25) is 14.8 Å². The second kappa shape index (κ2) is 8.40. The fourth-order valence-electron chi connectivity index (χ4n) is 3.66. The van der Waals surface area contributed by atoms with E-state index in [2.05, 4.69) is 25.9 Å². The van der Waals surface area contributed by atoms with Crippen LogP contribution in [-0.2, 0) is 9.53 Å². The molecule has 0 radical (unpaired) electrons. The van der Waals surface area contributed by atoms with Gasteiger partial charge in [0.05, 0.1) is 31.3 Å². The molecule has 2 atom stereocenters. The highest BCUT2D eigenvalue weighted by Crippen LogP contribution is 2.39. The number of carbonyl (C=O) groups excluding carboxylic acids is 1. The quantitative estimate of drug-likeness (QED) is 0.498. The Hall–Kier alpha value is -3.26. The number of methoxy groups -OCH3 is 1. The lowest BCUT2D eigenvalue weighted by atomic mass is 10.0.